The van der Waals surface area contributed by atoms with Crippen LogP contribution in [-0.2, 0) is 4.74 Å². The third-order valence-electron chi connectivity index (χ3n) is 3.89. The number of ether oxygens (including phenoxy) is 1. The van der Waals surface area contributed by atoms with E-state index in [1.807, 2.05) is 25.7 Å². The minimum atomic E-state index is -0.393. The fraction of sp³-hybridized carbons (Fsp3) is 0.929. The summed E-state index contributed by atoms with van der Waals surface area (Å²) in [5.74, 6) is 0. The van der Waals surface area contributed by atoms with Gasteiger partial charge in [-0.3, -0.25) is 4.90 Å². The molecule has 104 valence electrons. The quantitative estimate of drug-likeness (QED) is 0.720. The molecule has 2 fully saturated rings. The van der Waals surface area contributed by atoms with Crippen molar-refractivity contribution in [1.82, 2.24) is 9.80 Å². The normalized spacial score (nSPS) is 29.9. The largest absolute Gasteiger partial charge is 0.444 e. The van der Waals surface area contributed by atoms with Crippen molar-refractivity contribution in [3.63, 3.8) is 0 Å². The van der Waals surface area contributed by atoms with Crippen LogP contribution in [0.25, 0.3) is 0 Å². The van der Waals surface area contributed by atoms with Crippen LogP contribution in [0.4, 0.5) is 4.79 Å². The summed E-state index contributed by atoms with van der Waals surface area (Å²) in [6.45, 7) is 10.9. The Labute approximate surface area is 110 Å². The lowest BCUT2D eigenvalue weighted by Crippen LogP contribution is -2.41. The monoisotopic (exact) mass is 254 g/mol. The standard InChI is InChI=1S/C14H26N2O2/c1-11-6-5-8-16(11)12-7-9-15(10-12)13(17)18-14(2,3)4/h11-12H,5-10H2,1-4H3/t11?,12-/m0/s1. The van der Waals surface area contributed by atoms with Crippen LogP contribution in [0.2, 0.25) is 0 Å². The summed E-state index contributed by atoms with van der Waals surface area (Å²) in [5.41, 5.74) is -0.393. The number of hydrogen-bond donors (Lipinski definition) is 0. The molecule has 1 amide bonds. The first-order valence-corrected chi connectivity index (χ1v) is 7.10. The van der Waals surface area contributed by atoms with Gasteiger partial charge in [-0.15, -0.1) is 0 Å². The molecule has 0 aliphatic carbocycles. The highest BCUT2D eigenvalue weighted by Gasteiger charge is 2.35. The molecule has 4 heteroatoms. The van der Waals surface area contributed by atoms with Crippen molar-refractivity contribution in [2.75, 3.05) is 19.6 Å². The van der Waals surface area contributed by atoms with Crippen LogP contribution in [0.3, 0.4) is 0 Å². The van der Waals surface area contributed by atoms with Gasteiger partial charge in [0.2, 0.25) is 0 Å². The maximum atomic E-state index is 12.0. The van der Waals surface area contributed by atoms with E-state index in [1.54, 1.807) is 0 Å². The van der Waals surface area contributed by atoms with Gasteiger partial charge in [-0.05, 0) is 53.5 Å². The van der Waals surface area contributed by atoms with E-state index in [1.165, 1.54) is 19.4 Å². The molecule has 0 aromatic carbocycles. The molecule has 2 saturated heterocycles. The van der Waals surface area contributed by atoms with E-state index >= 15 is 0 Å². The van der Waals surface area contributed by atoms with Gasteiger partial charge in [-0.25, -0.2) is 4.79 Å². The van der Waals surface area contributed by atoms with Gasteiger partial charge < -0.3 is 9.64 Å². The Bertz CT molecular complexity index is 311. The highest BCUT2D eigenvalue weighted by atomic mass is 16.6. The van der Waals surface area contributed by atoms with E-state index in [4.69, 9.17) is 4.74 Å². The molecule has 0 bridgehead atoms. The first-order valence-electron chi connectivity index (χ1n) is 7.10. The van der Waals surface area contributed by atoms with Crippen molar-refractivity contribution >= 4 is 6.09 Å². The second kappa shape index (κ2) is 5.08. The summed E-state index contributed by atoms with van der Waals surface area (Å²) in [6, 6.07) is 1.21. The van der Waals surface area contributed by atoms with Crippen LogP contribution >= 0.6 is 0 Å². The molecule has 1 unspecified atom stereocenters. The lowest BCUT2D eigenvalue weighted by atomic mass is 10.2. The van der Waals surface area contributed by atoms with Crippen molar-refractivity contribution in [3.05, 3.63) is 0 Å². The van der Waals surface area contributed by atoms with Crippen molar-refractivity contribution in [2.24, 2.45) is 0 Å². The molecular weight excluding hydrogens is 228 g/mol. The zero-order valence-electron chi connectivity index (χ0n) is 12.1. The molecular formula is C14H26N2O2. The third kappa shape index (κ3) is 3.16. The van der Waals surface area contributed by atoms with Gasteiger partial charge in [-0.2, -0.15) is 0 Å². The number of hydrogen-bond acceptors (Lipinski definition) is 3. The first-order chi connectivity index (χ1) is 8.37. The fourth-order valence-corrected chi connectivity index (χ4v) is 3.00. The lowest BCUT2D eigenvalue weighted by Gasteiger charge is -2.29. The van der Waals surface area contributed by atoms with E-state index in [-0.39, 0.29) is 6.09 Å². The third-order valence-corrected chi connectivity index (χ3v) is 3.89. The Hall–Kier alpha value is -0.770. The van der Waals surface area contributed by atoms with Crippen LogP contribution in [0, 0.1) is 0 Å². The zero-order valence-corrected chi connectivity index (χ0v) is 12.1. The van der Waals surface area contributed by atoms with E-state index in [0.717, 1.165) is 19.5 Å². The molecule has 2 aliphatic rings. The average Bonchev–Trinajstić information content (AvgIpc) is 2.82. The van der Waals surface area contributed by atoms with Crippen molar-refractivity contribution in [3.8, 4) is 0 Å². The van der Waals surface area contributed by atoms with Crippen LogP contribution in [0.1, 0.15) is 47.0 Å². The maximum absolute atomic E-state index is 12.0. The summed E-state index contributed by atoms with van der Waals surface area (Å²) >= 11 is 0. The summed E-state index contributed by atoms with van der Waals surface area (Å²) in [5, 5.41) is 0. The molecule has 2 aliphatic heterocycles. The second-order valence-corrected chi connectivity index (χ2v) is 6.60. The summed E-state index contributed by atoms with van der Waals surface area (Å²) in [4.78, 5) is 16.4. The molecule has 2 heterocycles. The molecule has 0 spiro atoms. The smallest absolute Gasteiger partial charge is 0.410 e. The van der Waals surface area contributed by atoms with E-state index in [9.17, 15) is 4.79 Å². The van der Waals surface area contributed by atoms with E-state index in [0.29, 0.717) is 12.1 Å². The van der Waals surface area contributed by atoms with Crippen LogP contribution in [0.5, 0.6) is 0 Å². The topological polar surface area (TPSA) is 32.8 Å². The molecule has 0 saturated carbocycles. The average molecular weight is 254 g/mol. The summed E-state index contributed by atoms with van der Waals surface area (Å²) < 4.78 is 5.43. The minimum absolute atomic E-state index is 0.156. The summed E-state index contributed by atoms with van der Waals surface area (Å²) in [6.07, 6.45) is 3.52. The fourth-order valence-electron chi connectivity index (χ4n) is 3.00. The van der Waals surface area contributed by atoms with Crippen molar-refractivity contribution in [2.45, 2.75) is 64.6 Å². The molecule has 0 aromatic rings. The number of carbonyl (C=O) groups excluding carboxylic acids is 1. The number of carbonyl (C=O) groups is 1. The van der Waals surface area contributed by atoms with Gasteiger partial charge in [0.25, 0.3) is 0 Å². The molecule has 0 radical (unpaired) electrons. The van der Waals surface area contributed by atoms with Gasteiger partial charge in [0.1, 0.15) is 5.60 Å². The number of nitrogens with zero attached hydrogens (tertiary/aromatic N) is 2. The van der Waals surface area contributed by atoms with Gasteiger partial charge in [0.05, 0.1) is 0 Å². The van der Waals surface area contributed by atoms with Gasteiger partial charge >= 0.3 is 6.09 Å². The number of rotatable bonds is 1. The second-order valence-electron chi connectivity index (χ2n) is 6.60. The van der Waals surface area contributed by atoms with Gasteiger partial charge in [0.15, 0.2) is 0 Å². The molecule has 18 heavy (non-hydrogen) atoms. The molecule has 2 rings (SSSR count). The maximum Gasteiger partial charge on any atom is 0.410 e. The Kier molecular flexibility index (Phi) is 3.85. The number of likely N-dealkylation sites (tertiary alicyclic amines) is 2. The highest BCUT2D eigenvalue weighted by Crippen LogP contribution is 2.25. The van der Waals surface area contributed by atoms with Crippen LogP contribution in [-0.4, -0.2) is 53.2 Å². The summed E-state index contributed by atoms with van der Waals surface area (Å²) in [7, 11) is 0. The first kappa shape index (κ1) is 13.7. The predicted molar refractivity (Wildman–Crippen MR) is 71.6 cm³/mol. The van der Waals surface area contributed by atoms with Crippen LogP contribution < -0.4 is 0 Å². The molecule has 0 N–H and O–H groups in total. The van der Waals surface area contributed by atoms with E-state index < -0.39 is 5.60 Å². The van der Waals surface area contributed by atoms with Gasteiger partial charge in [0, 0.05) is 25.2 Å². The van der Waals surface area contributed by atoms with E-state index in [2.05, 4.69) is 11.8 Å². The van der Waals surface area contributed by atoms with Crippen molar-refractivity contribution < 1.29 is 9.53 Å². The minimum Gasteiger partial charge on any atom is -0.444 e. The Morgan fingerprint density at radius 3 is 2.50 bits per heavy atom. The van der Waals surface area contributed by atoms with Gasteiger partial charge in [-0.1, -0.05) is 0 Å². The SMILES string of the molecule is CC1CCCN1[C@H]1CCN(C(=O)OC(C)(C)C)C1. The molecule has 2 atom stereocenters. The Morgan fingerprint density at radius 2 is 1.94 bits per heavy atom. The van der Waals surface area contributed by atoms with Crippen molar-refractivity contribution in [1.29, 1.82) is 0 Å². The zero-order chi connectivity index (χ0) is 13.3. The number of amides is 1. The Balaban J connectivity index is 1.86. The highest BCUT2D eigenvalue weighted by molar-refractivity contribution is 5.68. The van der Waals surface area contributed by atoms with Crippen LogP contribution in [0.15, 0.2) is 0 Å². The molecule has 4 nitrogen and oxygen atoms in total. The lowest BCUT2D eigenvalue weighted by molar-refractivity contribution is 0.0278. The molecule has 0 aromatic heterocycles. The Morgan fingerprint density at radius 1 is 1.22 bits per heavy atom. The predicted octanol–water partition coefficient (Wildman–Crippen LogP) is 2.48.